The number of rotatable bonds is 11. The van der Waals surface area contributed by atoms with E-state index in [2.05, 4.69) is 26.8 Å². The third-order valence-corrected chi connectivity index (χ3v) is 3.99. The molecule has 1 aromatic carbocycles. The molecule has 0 bridgehead atoms. The summed E-state index contributed by atoms with van der Waals surface area (Å²) in [7, 11) is 1.61. The maximum Gasteiger partial charge on any atom is 0.290 e. The number of hydrogen-bond donors (Lipinski definition) is 7. The Labute approximate surface area is 180 Å². The Morgan fingerprint density at radius 1 is 1.00 bits per heavy atom. The zero-order valence-corrected chi connectivity index (χ0v) is 17.7. The molecular weight excluding hydrogens is 408 g/mol. The van der Waals surface area contributed by atoms with Gasteiger partial charge in [-0.15, -0.1) is 0 Å². The lowest BCUT2D eigenvalue weighted by atomic mass is 10.1. The fourth-order valence-corrected chi connectivity index (χ4v) is 2.13. The molecule has 0 aliphatic heterocycles. The number of anilines is 1. The van der Waals surface area contributed by atoms with Gasteiger partial charge in [-0.3, -0.25) is 34.8 Å². The van der Waals surface area contributed by atoms with Crippen LogP contribution in [-0.2, 0) is 24.0 Å². The number of nitrogens with one attached hydrogen (secondary N) is 5. The van der Waals surface area contributed by atoms with Crippen LogP contribution in [0.1, 0.15) is 26.7 Å². The largest absolute Gasteiger partial charge is 0.483 e. The molecule has 0 aliphatic carbocycles. The first-order valence-corrected chi connectivity index (χ1v) is 9.41. The predicted molar refractivity (Wildman–Crippen MR) is 113 cm³/mol. The molecular formula is C19H30N6O6. The zero-order valence-electron chi connectivity index (χ0n) is 17.7. The van der Waals surface area contributed by atoms with Crippen LogP contribution < -0.4 is 32.5 Å². The summed E-state index contributed by atoms with van der Waals surface area (Å²) in [5, 5.41) is 14.7. The fourth-order valence-electron chi connectivity index (χ4n) is 2.13. The van der Waals surface area contributed by atoms with Crippen LogP contribution in [0.15, 0.2) is 30.3 Å². The van der Waals surface area contributed by atoms with E-state index in [-0.39, 0.29) is 19.3 Å². The lowest BCUT2D eigenvalue weighted by molar-refractivity contribution is -0.132. The molecule has 1 rings (SSSR count). The second kappa shape index (κ2) is 15.2. The molecule has 8 N–H and O–H groups in total. The van der Waals surface area contributed by atoms with Gasteiger partial charge in [0.15, 0.2) is 0 Å². The summed E-state index contributed by atoms with van der Waals surface area (Å²) in [4.78, 5) is 56.1. The van der Waals surface area contributed by atoms with E-state index in [1.54, 1.807) is 38.2 Å². The molecule has 0 aromatic heterocycles. The standard InChI is InChI=1S/C18H28N6O4.CH2O2/c1-11(20-3)16(26)22-14(9-10-15(19)25)18(28)21-12(2)17(27)24-23-13-7-5-4-6-8-13;2-1-3/h4-8,11-12,14,20,23H,9-10H2,1-3H3,(H2,19,25)(H,21,28)(H,22,26)(H,24,27);1H,(H,2,3)/t11-,12-,14-;/m0./s1. The van der Waals surface area contributed by atoms with Gasteiger partial charge in [-0.05, 0) is 39.4 Å². The number of primary amides is 1. The normalized spacial score (nSPS) is 12.6. The first-order valence-electron chi connectivity index (χ1n) is 9.41. The summed E-state index contributed by atoms with van der Waals surface area (Å²) in [6.07, 6.45) is -0.0532. The first kappa shape index (κ1) is 27.3. The molecule has 12 nitrogen and oxygen atoms in total. The van der Waals surface area contributed by atoms with Crippen LogP contribution in [0, 0.1) is 0 Å². The van der Waals surface area contributed by atoms with Crippen molar-refractivity contribution >= 4 is 35.8 Å². The average molecular weight is 438 g/mol. The van der Waals surface area contributed by atoms with Crippen LogP contribution in [0.3, 0.4) is 0 Å². The first-order chi connectivity index (χ1) is 14.7. The van der Waals surface area contributed by atoms with Crippen LogP contribution in [-0.4, -0.2) is 60.4 Å². The highest BCUT2D eigenvalue weighted by Crippen LogP contribution is 2.03. The minimum Gasteiger partial charge on any atom is -0.483 e. The molecule has 172 valence electrons. The number of carbonyl (C=O) groups is 5. The maximum absolute atomic E-state index is 12.5. The Hall–Kier alpha value is -3.67. The molecule has 31 heavy (non-hydrogen) atoms. The number of likely N-dealkylation sites (N-methyl/N-ethyl adjacent to an activating group) is 1. The number of benzene rings is 1. The van der Waals surface area contributed by atoms with E-state index in [1.807, 2.05) is 6.07 Å². The molecule has 1 aromatic rings. The van der Waals surface area contributed by atoms with Crippen molar-refractivity contribution in [3.05, 3.63) is 30.3 Å². The lowest BCUT2D eigenvalue weighted by Crippen LogP contribution is -2.55. The highest BCUT2D eigenvalue weighted by atomic mass is 16.3. The Kier molecular flexibility index (Phi) is 13.4. The number of para-hydroxylation sites is 1. The van der Waals surface area contributed by atoms with Gasteiger partial charge in [0.25, 0.3) is 12.4 Å². The highest BCUT2D eigenvalue weighted by Gasteiger charge is 2.26. The summed E-state index contributed by atoms with van der Waals surface area (Å²) in [6.45, 7) is 2.88. The van der Waals surface area contributed by atoms with Crippen molar-refractivity contribution in [3.63, 3.8) is 0 Å². The second-order valence-corrected chi connectivity index (χ2v) is 6.39. The van der Waals surface area contributed by atoms with E-state index in [4.69, 9.17) is 15.6 Å². The number of carbonyl (C=O) groups excluding carboxylic acids is 4. The van der Waals surface area contributed by atoms with Gasteiger partial charge in [-0.1, -0.05) is 18.2 Å². The number of amides is 4. The second-order valence-electron chi connectivity index (χ2n) is 6.39. The Morgan fingerprint density at radius 3 is 2.10 bits per heavy atom. The number of hydrogen-bond acceptors (Lipinski definition) is 7. The quantitative estimate of drug-likeness (QED) is 0.164. The van der Waals surface area contributed by atoms with Crippen LogP contribution in [0.4, 0.5) is 5.69 Å². The van der Waals surface area contributed by atoms with E-state index in [0.29, 0.717) is 5.69 Å². The van der Waals surface area contributed by atoms with Gasteiger partial charge in [-0.25, -0.2) is 0 Å². The zero-order chi connectivity index (χ0) is 23.8. The lowest BCUT2D eigenvalue weighted by Gasteiger charge is -2.22. The molecule has 0 unspecified atom stereocenters. The van der Waals surface area contributed by atoms with Crippen LogP contribution >= 0.6 is 0 Å². The Bertz CT molecular complexity index is 730. The van der Waals surface area contributed by atoms with Gasteiger partial charge in [0.1, 0.15) is 12.1 Å². The topological polar surface area (TPSA) is 192 Å². The summed E-state index contributed by atoms with van der Waals surface area (Å²) in [5.74, 6) is -2.05. The molecule has 0 aliphatic rings. The van der Waals surface area contributed by atoms with Crippen molar-refractivity contribution in [3.8, 4) is 0 Å². The number of nitrogens with two attached hydrogens (primary N) is 1. The summed E-state index contributed by atoms with van der Waals surface area (Å²) in [5.41, 5.74) is 11.0. The molecule has 3 atom stereocenters. The highest BCUT2D eigenvalue weighted by molar-refractivity contribution is 5.93. The molecule has 0 fully saturated rings. The smallest absolute Gasteiger partial charge is 0.290 e. The maximum atomic E-state index is 12.5. The number of hydrazine groups is 1. The molecule has 4 amide bonds. The van der Waals surface area contributed by atoms with Gasteiger partial charge >= 0.3 is 0 Å². The number of carboxylic acid groups (broad SMARTS) is 1. The van der Waals surface area contributed by atoms with Crippen molar-refractivity contribution in [1.29, 1.82) is 0 Å². The third kappa shape index (κ3) is 11.8. The summed E-state index contributed by atoms with van der Waals surface area (Å²) in [6, 6.07) is 6.58. The Morgan fingerprint density at radius 2 is 1.58 bits per heavy atom. The van der Waals surface area contributed by atoms with E-state index >= 15 is 0 Å². The summed E-state index contributed by atoms with van der Waals surface area (Å²) >= 11 is 0. The van der Waals surface area contributed by atoms with Gasteiger partial charge in [0.05, 0.1) is 11.7 Å². The van der Waals surface area contributed by atoms with Crippen molar-refractivity contribution in [2.24, 2.45) is 5.73 Å². The van der Waals surface area contributed by atoms with Gasteiger partial charge in [0, 0.05) is 6.42 Å². The van der Waals surface area contributed by atoms with Crippen molar-refractivity contribution in [2.75, 3.05) is 12.5 Å². The predicted octanol–water partition coefficient (Wildman–Crippen LogP) is -1.31. The van der Waals surface area contributed by atoms with E-state index in [0.717, 1.165) is 0 Å². The van der Waals surface area contributed by atoms with Gasteiger partial charge in [-0.2, -0.15) is 0 Å². The third-order valence-electron chi connectivity index (χ3n) is 3.99. The molecule has 0 spiro atoms. The van der Waals surface area contributed by atoms with Crippen molar-refractivity contribution < 1.29 is 29.1 Å². The Balaban J connectivity index is 0.00000282. The molecule has 0 radical (unpaired) electrons. The SMILES string of the molecule is CN[C@@H](C)C(=O)N[C@@H](CCC(N)=O)C(=O)N[C@@H](C)C(=O)NNc1ccccc1.O=CO. The minimum atomic E-state index is -0.992. The van der Waals surface area contributed by atoms with Gasteiger partial charge in [0.2, 0.25) is 17.7 Å². The van der Waals surface area contributed by atoms with Gasteiger partial charge < -0.3 is 26.8 Å². The molecule has 0 heterocycles. The van der Waals surface area contributed by atoms with Crippen molar-refractivity contribution in [2.45, 2.75) is 44.8 Å². The average Bonchev–Trinajstić information content (AvgIpc) is 2.75. The van der Waals surface area contributed by atoms with E-state index in [1.165, 1.54) is 6.92 Å². The molecule has 0 saturated heterocycles. The monoisotopic (exact) mass is 438 g/mol. The fraction of sp³-hybridized carbons (Fsp3) is 0.421. The van der Waals surface area contributed by atoms with Crippen LogP contribution in [0.5, 0.6) is 0 Å². The van der Waals surface area contributed by atoms with Crippen LogP contribution in [0.2, 0.25) is 0 Å². The van der Waals surface area contributed by atoms with Crippen LogP contribution in [0.25, 0.3) is 0 Å². The summed E-state index contributed by atoms with van der Waals surface area (Å²) < 4.78 is 0. The van der Waals surface area contributed by atoms with E-state index in [9.17, 15) is 19.2 Å². The van der Waals surface area contributed by atoms with Crippen molar-refractivity contribution in [1.82, 2.24) is 21.4 Å². The molecule has 12 heteroatoms. The minimum absolute atomic E-state index is 0.0277. The molecule has 0 saturated carbocycles. The van der Waals surface area contributed by atoms with E-state index < -0.39 is 41.8 Å².